The highest BCUT2D eigenvalue weighted by Crippen LogP contribution is 2.32. The maximum absolute atomic E-state index is 13.4. The number of carbonyl (C=O) groups is 3. The fourth-order valence-corrected chi connectivity index (χ4v) is 5.30. The molecular weight excluding hydrogens is 416 g/mol. The SMILES string of the molecule is O=C(c1ccccc1)N1CC[C@@H](N2C(=O)NC3(CCN(CCc4ccccc4)CC3)C2=O)C1. The van der Waals surface area contributed by atoms with E-state index in [1.165, 1.54) is 10.5 Å². The molecule has 172 valence electrons. The van der Waals surface area contributed by atoms with E-state index in [1.807, 2.05) is 24.3 Å². The lowest BCUT2D eigenvalue weighted by Crippen LogP contribution is -2.55. The third-order valence-corrected chi connectivity index (χ3v) is 7.30. The zero-order valence-electron chi connectivity index (χ0n) is 18.8. The molecule has 0 saturated carbocycles. The van der Waals surface area contributed by atoms with Crippen LogP contribution in [0.2, 0.25) is 0 Å². The van der Waals surface area contributed by atoms with Crippen molar-refractivity contribution < 1.29 is 14.4 Å². The minimum atomic E-state index is -0.794. The highest BCUT2D eigenvalue weighted by molar-refractivity contribution is 6.07. The van der Waals surface area contributed by atoms with E-state index < -0.39 is 5.54 Å². The minimum Gasteiger partial charge on any atom is -0.336 e. The first-order valence-electron chi connectivity index (χ1n) is 11.8. The molecule has 3 aliphatic rings. The van der Waals surface area contributed by atoms with Crippen LogP contribution in [0.4, 0.5) is 4.79 Å². The first kappa shape index (κ1) is 21.6. The topological polar surface area (TPSA) is 73.0 Å². The standard InChI is InChI=1S/C26H30N4O3/c31-23(21-9-5-2-6-10-21)29-16-12-22(19-29)30-24(32)26(27-25(30)33)13-17-28(18-14-26)15-11-20-7-3-1-4-8-20/h1-10,22H,11-19H2,(H,27,33)/t22-/m1/s1. The van der Waals surface area contributed by atoms with E-state index in [9.17, 15) is 14.4 Å². The summed E-state index contributed by atoms with van der Waals surface area (Å²) < 4.78 is 0. The molecule has 3 heterocycles. The number of imide groups is 1. The van der Waals surface area contributed by atoms with Gasteiger partial charge in [-0.3, -0.25) is 14.5 Å². The summed E-state index contributed by atoms with van der Waals surface area (Å²) in [6, 6.07) is 19.0. The molecule has 7 heteroatoms. The van der Waals surface area contributed by atoms with Crippen molar-refractivity contribution in [3.8, 4) is 0 Å². The van der Waals surface area contributed by atoms with Crippen LogP contribution in [-0.2, 0) is 11.2 Å². The van der Waals surface area contributed by atoms with Gasteiger partial charge in [0.25, 0.3) is 11.8 Å². The van der Waals surface area contributed by atoms with Crippen LogP contribution in [0.25, 0.3) is 0 Å². The van der Waals surface area contributed by atoms with Gasteiger partial charge in [-0.1, -0.05) is 48.5 Å². The molecule has 3 saturated heterocycles. The van der Waals surface area contributed by atoms with Crippen molar-refractivity contribution in [3.05, 3.63) is 71.8 Å². The van der Waals surface area contributed by atoms with Gasteiger partial charge in [0.1, 0.15) is 5.54 Å². The molecule has 33 heavy (non-hydrogen) atoms. The van der Waals surface area contributed by atoms with Crippen LogP contribution >= 0.6 is 0 Å². The van der Waals surface area contributed by atoms with Crippen LogP contribution in [-0.4, -0.2) is 76.8 Å². The van der Waals surface area contributed by atoms with E-state index in [-0.39, 0.29) is 23.9 Å². The van der Waals surface area contributed by atoms with Crippen LogP contribution in [0.1, 0.15) is 35.2 Å². The van der Waals surface area contributed by atoms with Gasteiger partial charge in [-0.05, 0) is 43.4 Å². The van der Waals surface area contributed by atoms with Crippen LogP contribution in [0.5, 0.6) is 0 Å². The summed E-state index contributed by atoms with van der Waals surface area (Å²) >= 11 is 0. The van der Waals surface area contributed by atoms with Crippen molar-refractivity contribution in [2.24, 2.45) is 0 Å². The van der Waals surface area contributed by atoms with Gasteiger partial charge in [-0.2, -0.15) is 0 Å². The van der Waals surface area contributed by atoms with Gasteiger partial charge in [-0.25, -0.2) is 4.79 Å². The predicted octanol–water partition coefficient (Wildman–Crippen LogP) is 2.53. The molecule has 2 aromatic rings. The number of benzene rings is 2. The maximum Gasteiger partial charge on any atom is 0.325 e. The van der Waals surface area contributed by atoms with Gasteiger partial charge in [0, 0.05) is 38.3 Å². The second-order valence-corrected chi connectivity index (χ2v) is 9.32. The number of nitrogens with zero attached hydrogens (tertiary/aromatic N) is 3. The van der Waals surface area contributed by atoms with Crippen molar-refractivity contribution in [1.82, 2.24) is 20.0 Å². The average molecular weight is 447 g/mol. The molecule has 0 aromatic heterocycles. The Bertz CT molecular complexity index is 1020. The first-order chi connectivity index (χ1) is 16.1. The Hall–Kier alpha value is -3.19. The zero-order chi connectivity index (χ0) is 22.8. The number of nitrogens with one attached hydrogen (secondary N) is 1. The fraction of sp³-hybridized carbons (Fsp3) is 0.423. The van der Waals surface area contributed by atoms with E-state index in [0.717, 1.165) is 26.1 Å². The average Bonchev–Trinajstić information content (AvgIpc) is 3.42. The van der Waals surface area contributed by atoms with Crippen molar-refractivity contribution in [1.29, 1.82) is 0 Å². The lowest BCUT2D eigenvalue weighted by molar-refractivity contribution is -0.134. The van der Waals surface area contributed by atoms with Gasteiger partial charge in [0.05, 0.1) is 6.04 Å². The van der Waals surface area contributed by atoms with Crippen molar-refractivity contribution in [2.75, 3.05) is 32.7 Å². The minimum absolute atomic E-state index is 0.0495. The zero-order valence-corrected chi connectivity index (χ0v) is 18.8. The molecule has 4 amide bonds. The summed E-state index contributed by atoms with van der Waals surface area (Å²) in [4.78, 5) is 44.6. The fourth-order valence-electron chi connectivity index (χ4n) is 5.30. The highest BCUT2D eigenvalue weighted by atomic mass is 16.2. The molecule has 0 unspecified atom stereocenters. The lowest BCUT2D eigenvalue weighted by atomic mass is 9.87. The molecule has 1 atom stereocenters. The van der Waals surface area contributed by atoms with Gasteiger partial charge in [0.2, 0.25) is 0 Å². The number of urea groups is 1. The van der Waals surface area contributed by atoms with Gasteiger partial charge < -0.3 is 15.1 Å². The molecule has 2 aromatic carbocycles. The Morgan fingerprint density at radius 2 is 1.61 bits per heavy atom. The van der Waals surface area contributed by atoms with Gasteiger partial charge >= 0.3 is 6.03 Å². The van der Waals surface area contributed by atoms with E-state index in [1.54, 1.807) is 17.0 Å². The number of hydrogen-bond donors (Lipinski definition) is 1. The Kier molecular flexibility index (Phi) is 5.89. The van der Waals surface area contributed by atoms with E-state index in [0.29, 0.717) is 37.9 Å². The Morgan fingerprint density at radius 3 is 2.30 bits per heavy atom. The van der Waals surface area contributed by atoms with Gasteiger partial charge in [0.15, 0.2) is 0 Å². The van der Waals surface area contributed by atoms with Crippen LogP contribution in [0, 0.1) is 0 Å². The predicted molar refractivity (Wildman–Crippen MR) is 125 cm³/mol. The molecule has 3 fully saturated rings. The summed E-state index contributed by atoms with van der Waals surface area (Å²) in [7, 11) is 0. The number of piperidine rings is 1. The maximum atomic E-state index is 13.4. The van der Waals surface area contributed by atoms with E-state index in [2.05, 4.69) is 34.5 Å². The molecule has 0 aliphatic carbocycles. The second kappa shape index (κ2) is 8.98. The Labute approximate surface area is 194 Å². The summed E-state index contributed by atoms with van der Waals surface area (Å²) in [5.74, 6) is -0.166. The molecule has 0 radical (unpaired) electrons. The molecule has 7 nitrogen and oxygen atoms in total. The molecule has 5 rings (SSSR count). The first-order valence-corrected chi connectivity index (χ1v) is 11.8. The number of amides is 4. The number of likely N-dealkylation sites (tertiary alicyclic amines) is 2. The quantitative estimate of drug-likeness (QED) is 0.717. The molecule has 1 N–H and O–H groups in total. The smallest absolute Gasteiger partial charge is 0.325 e. The van der Waals surface area contributed by atoms with Crippen molar-refractivity contribution in [3.63, 3.8) is 0 Å². The van der Waals surface area contributed by atoms with Crippen molar-refractivity contribution >= 4 is 17.8 Å². The highest BCUT2D eigenvalue weighted by Gasteiger charge is 2.54. The lowest BCUT2D eigenvalue weighted by Gasteiger charge is -2.37. The monoisotopic (exact) mass is 446 g/mol. The van der Waals surface area contributed by atoms with Crippen LogP contribution in [0.3, 0.4) is 0 Å². The van der Waals surface area contributed by atoms with Crippen molar-refractivity contribution in [2.45, 2.75) is 37.3 Å². The van der Waals surface area contributed by atoms with Crippen LogP contribution < -0.4 is 5.32 Å². The Morgan fingerprint density at radius 1 is 0.939 bits per heavy atom. The summed E-state index contributed by atoms with van der Waals surface area (Å²) in [6.07, 6.45) is 2.86. The summed E-state index contributed by atoms with van der Waals surface area (Å²) in [6.45, 7) is 3.47. The Balaban J connectivity index is 1.18. The summed E-state index contributed by atoms with van der Waals surface area (Å²) in [5.41, 5.74) is 1.15. The number of hydrogen-bond acceptors (Lipinski definition) is 4. The molecule has 3 aliphatic heterocycles. The number of rotatable bonds is 5. The molecular formula is C26H30N4O3. The normalized spacial score (nSPS) is 22.7. The van der Waals surface area contributed by atoms with E-state index >= 15 is 0 Å². The molecule has 1 spiro atoms. The summed E-state index contributed by atoms with van der Waals surface area (Å²) in [5, 5.41) is 3.02. The molecule has 0 bridgehead atoms. The second-order valence-electron chi connectivity index (χ2n) is 9.32. The number of carbonyl (C=O) groups excluding carboxylic acids is 3. The third-order valence-electron chi connectivity index (χ3n) is 7.30. The third kappa shape index (κ3) is 4.25. The van der Waals surface area contributed by atoms with Gasteiger partial charge in [-0.15, -0.1) is 0 Å². The van der Waals surface area contributed by atoms with Crippen LogP contribution in [0.15, 0.2) is 60.7 Å². The van der Waals surface area contributed by atoms with E-state index in [4.69, 9.17) is 0 Å². The largest absolute Gasteiger partial charge is 0.336 e.